The van der Waals surface area contributed by atoms with E-state index in [1.54, 1.807) is 0 Å². The SMILES string of the molecule is CCC[C@@H](CC(=O)N[C@H](CC(=O)O)C(C)C)NC(=O)OCC1c2ccccc2-c2ccccc21. The minimum absolute atomic E-state index is 0.0141. The van der Waals surface area contributed by atoms with Crippen molar-refractivity contribution in [2.45, 2.75) is 64.5 Å². The van der Waals surface area contributed by atoms with Gasteiger partial charge in [-0.3, -0.25) is 9.59 Å². The van der Waals surface area contributed by atoms with Crippen LogP contribution < -0.4 is 10.6 Å². The number of aliphatic carboxylic acids is 1. The number of carboxylic acid groups (broad SMARTS) is 1. The maximum Gasteiger partial charge on any atom is 0.407 e. The zero-order chi connectivity index (χ0) is 24.7. The van der Waals surface area contributed by atoms with E-state index in [9.17, 15) is 14.4 Å². The van der Waals surface area contributed by atoms with Crippen molar-refractivity contribution in [1.29, 1.82) is 0 Å². The lowest BCUT2D eigenvalue weighted by atomic mass is 9.98. The van der Waals surface area contributed by atoms with Crippen LogP contribution in [0.1, 0.15) is 63.5 Å². The molecular weight excluding hydrogens is 432 g/mol. The number of nitrogens with one attached hydrogen (secondary N) is 2. The molecule has 0 aliphatic heterocycles. The van der Waals surface area contributed by atoms with Crippen LogP contribution in [0.15, 0.2) is 48.5 Å². The first-order chi connectivity index (χ1) is 16.3. The standard InChI is InChI=1S/C27H34N2O5/c1-4-9-18(14-25(30)29-24(17(2)3)15-26(31)32)28-27(33)34-16-23-21-12-7-5-10-19(21)20-11-6-8-13-22(20)23/h5-8,10-13,17-18,23-24H,4,9,14-16H2,1-3H3,(H,28,33)(H,29,30)(H,31,32)/t18-,24+/m0/s1. The van der Waals surface area contributed by atoms with Gasteiger partial charge in [0.15, 0.2) is 0 Å². The molecule has 1 aliphatic rings. The third kappa shape index (κ3) is 6.37. The summed E-state index contributed by atoms with van der Waals surface area (Å²) in [5.74, 6) is -1.29. The summed E-state index contributed by atoms with van der Waals surface area (Å²) >= 11 is 0. The molecule has 7 nitrogen and oxygen atoms in total. The van der Waals surface area contributed by atoms with Crippen LogP contribution in [0, 0.1) is 5.92 Å². The number of hydrogen-bond donors (Lipinski definition) is 3. The van der Waals surface area contributed by atoms with E-state index in [0.29, 0.717) is 6.42 Å². The second-order valence-electron chi connectivity index (χ2n) is 9.18. The Kier molecular flexibility index (Phi) is 8.68. The summed E-state index contributed by atoms with van der Waals surface area (Å²) in [6, 6.07) is 15.4. The van der Waals surface area contributed by atoms with Crippen LogP contribution in [0.3, 0.4) is 0 Å². The minimum atomic E-state index is -0.958. The van der Waals surface area contributed by atoms with Gasteiger partial charge >= 0.3 is 12.1 Å². The van der Waals surface area contributed by atoms with Gasteiger partial charge in [0.2, 0.25) is 5.91 Å². The van der Waals surface area contributed by atoms with E-state index in [0.717, 1.165) is 28.7 Å². The Morgan fingerprint density at radius 3 is 2.06 bits per heavy atom. The highest BCUT2D eigenvalue weighted by molar-refractivity contribution is 5.80. The molecule has 34 heavy (non-hydrogen) atoms. The number of fused-ring (bicyclic) bond motifs is 3. The van der Waals surface area contributed by atoms with Crippen molar-refractivity contribution in [3.8, 4) is 11.1 Å². The van der Waals surface area contributed by atoms with Crippen molar-refractivity contribution in [1.82, 2.24) is 10.6 Å². The topological polar surface area (TPSA) is 105 Å². The summed E-state index contributed by atoms with van der Waals surface area (Å²) < 4.78 is 5.61. The highest BCUT2D eigenvalue weighted by Crippen LogP contribution is 2.44. The van der Waals surface area contributed by atoms with Gasteiger partial charge in [0.1, 0.15) is 6.61 Å². The number of carbonyl (C=O) groups is 3. The van der Waals surface area contributed by atoms with Gasteiger partial charge in [0.05, 0.1) is 6.42 Å². The maximum atomic E-state index is 12.6. The minimum Gasteiger partial charge on any atom is -0.481 e. The molecule has 3 N–H and O–H groups in total. The second-order valence-corrected chi connectivity index (χ2v) is 9.18. The van der Waals surface area contributed by atoms with Gasteiger partial charge in [0, 0.05) is 24.4 Å². The largest absolute Gasteiger partial charge is 0.481 e. The molecule has 0 heterocycles. The molecule has 2 aromatic rings. The normalized spacial score (nSPS) is 14.1. The lowest BCUT2D eigenvalue weighted by Gasteiger charge is -2.23. The van der Waals surface area contributed by atoms with Gasteiger partial charge in [-0.2, -0.15) is 0 Å². The zero-order valence-electron chi connectivity index (χ0n) is 20.0. The molecule has 2 aromatic carbocycles. The summed E-state index contributed by atoms with van der Waals surface area (Å²) in [5, 5.41) is 14.7. The van der Waals surface area contributed by atoms with Gasteiger partial charge in [-0.15, -0.1) is 0 Å². The monoisotopic (exact) mass is 466 g/mol. The third-order valence-corrected chi connectivity index (χ3v) is 6.28. The predicted octanol–water partition coefficient (Wildman–Crippen LogP) is 4.70. The van der Waals surface area contributed by atoms with E-state index in [1.807, 2.05) is 45.0 Å². The average molecular weight is 467 g/mol. The lowest BCUT2D eigenvalue weighted by Crippen LogP contribution is -2.44. The number of carboxylic acids is 1. The fraction of sp³-hybridized carbons (Fsp3) is 0.444. The fourth-order valence-corrected chi connectivity index (χ4v) is 4.51. The van der Waals surface area contributed by atoms with E-state index in [-0.39, 0.29) is 37.2 Å². The van der Waals surface area contributed by atoms with Crippen molar-refractivity contribution in [2.24, 2.45) is 5.92 Å². The molecule has 0 saturated heterocycles. The molecule has 0 fully saturated rings. The quantitative estimate of drug-likeness (QED) is 0.445. The zero-order valence-corrected chi connectivity index (χ0v) is 20.0. The first kappa shape index (κ1) is 25.3. The molecule has 3 rings (SSSR count). The van der Waals surface area contributed by atoms with Crippen LogP contribution in [0.4, 0.5) is 4.79 Å². The molecule has 0 bridgehead atoms. The summed E-state index contributed by atoms with van der Waals surface area (Å²) in [6.45, 7) is 5.92. The van der Waals surface area contributed by atoms with E-state index >= 15 is 0 Å². The number of ether oxygens (including phenoxy) is 1. The number of benzene rings is 2. The second kappa shape index (κ2) is 11.7. The van der Waals surface area contributed by atoms with Crippen LogP contribution in [0.5, 0.6) is 0 Å². The first-order valence-corrected chi connectivity index (χ1v) is 11.9. The van der Waals surface area contributed by atoms with Gasteiger partial charge in [-0.25, -0.2) is 4.79 Å². The Morgan fingerprint density at radius 2 is 1.53 bits per heavy atom. The van der Waals surface area contributed by atoms with Crippen molar-refractivity contribution < 1.29 is 24.2 Å². The Balaban J connectivity index is 1.58. The molecule has 0 radical (unpaired) electrons. The number of hydrogen-bond acceptors (Lipinski definition) is 4. The van der Waals surface area contributed by atoms with Crippen molar-refractivity contribution >= 4 is 18.0 Å². The van der Waals surface area contributed by atoms with Crippen LogP contribution >= 0.6 is 0 Å². The Bertz CT molecular complexity index is 974. The summed E-state index contributed by atoms with van der Waals surface area (Å²) in [4.78, 5) is 36.3. The molecule has 0 unspecified atom stereocenters. The van der Waals surface area contributed by atoms with Gasteiger partial charge in [-0.05, 0) is 34.6 Å². The van der Waals surface area contributed by atoms with Crippen LogP contribution in [-0.4, -0.2) is 41.8 Å². The van der Waals surface area contributed by atoms with Crippen LogP contribution in [-0.2, 0) is 14.3 Å². The van der Waals surface area contributed by atoms with Gasteiger partial charge in [-0.1, -0.05) is 75.7 Å². The number of rotatable bonds is 11. The molecule has 2 atom stereocenters. The maximum absolute atomic E-state index is 12.6. The number of alkyl carbamates (subject to hydrolysis) is 1. The van der Waals surface area contributed by atoms with E-state index in [4.69, 9.17) is 9.84 Å². The Hall–Kier alpha value is -3.35. The smallest absolute Gasteiger partial charge is 0.407 e. The van der Waals surface area contributed by atoms with Crippen molar-refractivity contribution in [2.75, 3.05) is 6.61 Å². The molecule has 182 valence electrons. The molecule has 7 heteroatoms. The van der Waals surface area contributed by atoms with Gasteiger partial charge in [0.25, 0.3) is 0 Å². The van der Waals surface area contributed by atoms with Crippen LogP contribution in [0.2, 0.25) is 0 Å². The van der Waals surface area contributed by atoms with Crippen molar-refractivity contribution in [3.63, 3.8) is 0 Å². The van der Waals surface area contributed by atoms with Gasteiger partial charge < -0.3 is 20.5 Å². The van der Waals surface area contributed by atoms with E-state index < -0.39 is 24.1 Å². The van der Waals surface area contributed by atoms with Crippen molar-refractivity contribution in [3.05, 3.63) is 59.7 Å². The first-order valence-electron chi connectivity index (χ1n) is 11.9. The van der Waals surface area contributed by atoms with Crippen LogP contribution in [0.25, 0.3) is 11.1 Å². The Labute approximate surface area is 200 Å². The summed E-state index contributed by atoms with van der Waals surface area (Å²) in [5.41, 5.74) is 4.60. The number of carbonyl (C=O) groups excluding carboxylic acids is 2. The Morgan fingerprint density at radius 1 is 0.941 bits per heavy atom. The predicted molar refractivity (Wildman–Crippen MR) is 131 cm³/mol. The fourth-order valence-electron chi connectivity index (χ4n) is 4.51. The average Bonchev–Trinajstić information content (AvgIpc) is 3.11. The van der Waals surface area contributed by atoms with E-state index in [1.165, 1.54) is 0 Å². The molecule has 0 aromatic heterocycles. The number of amides is 2. The highest BCUT2D eigenvalue weighted by Gasteiger charge is 2.29. The molecule has 2 amide bonds. The lowest BCUT2D eigenvalue weighted by molar-refractivity contribution is -0.138. The molecule has 1 aliphatic carbocycles. The van der Waals surface area contributed by atoms with E-state index in [2.05, 4.69) is 34.9 Å². The molecular formula is C27H34N2O5. The molecule has 0 spiro atoms. The third-order valence-electron chi connectivity index (χ3n) is 6.28. The summed E-state index contributed by atoms with van der Waals surface area (Å²) in [6.07, 6.45) is 0.773. The summed E-state index contributed by atoms with van der Waals surface area (Å²) in [7, 11) is 0. The highest BCUT2D eigenvalue weighted by atomic mass is 16.5. The molecule has 0 saturated carbocycles.